The Bertz CT molecular complexity index is 1090. The number of para-hydroxylation sites is 1. The van der Waals surface area contributed by atoms with Gasteiger partial charge in [-0.25, -0.2) is 9.78 Å². The number of thiophene rings is 1. The molecule has 0 saturated carbocycles. The van der Waals surface area contributed by atoms with Gasteiger partial charge in [0.2, 0.25) is 5.91 Å². The van der Waals surface area contributed by atoms with Crippen LogP contribution in [0.15, 0.2) is 24.3 Å². The van der Waals surface area contributed by atoms with Crippen LogP contribution >= 0.6 is 22.7 Å². The molecule has 0 saturated heterocycles. The van der Waals surface area contributed by atoms with Gasteiger partial charge in [-0.1, -0.05) is 12.1 Å². The molecule has 1 aliphatic heterocycles. The Kier molecular flexibility index (Phi) is 5.32. The van der Waals surface area contributed by atoms with Crippen LogP contribution in [0.25, 0.3) is 20.8 Å². The molecule has 1 unspecified atom stereocenters. The van der Waals surface area contributed by atoms with Crippen molar-refractivity contribution in [2.24, 2.45) is 0 Å². The normalized spacial score (nSPS) is 16.4. The lowest BCUT2D eigenvalue weighted by atomic mass is 9.98. The van der Waals surface area contributed by atoms with Crippen LogP contribution < -0.4 is 5.32 Å². The van der Waals surface area contributed by atoms with Gasteiger partial charge in [-0.05, 0) is 51.8 Å². The molecule has 0 spiro atoms. The van der Waals surface area contributed by atoms with Crippen molar-refractivity contribution in [3.8, 4) is 10.6 Å². The van der Waals surface area contributed by atoms with Crippen molar-refractivity contribution in [2.75, 3.05) is 11.9 Å². The molecule has 6 nitrogen and oxygen atoms in total. The minimum Gasteiger partial charge on any atom is -0.444 e. The highest BCUT2D eigenvalue weighted by molar-refractivity contribution is 7.23. The van der Waals surface area contributed by atoms with E-state index in [1.54, 1.807) is 16.2 Å². The smallest absolute Gasteiger partial charge is 0.410 e. The number of carbonyl (C=O) groups is 2. The Balaban J connectivity index is 1.77. The van der Waals surface area contributed by atoms with E-state index < -0.39 is 5.60 Å². The molecule has 3 aromatic rings. The van der Waals surface area contributed by atoms with Gasteiger partial charge in [0.15, 0.2) is 0 Å². The Morgan fingerprint density at radius 1 is 1.23 bits per heavy atom. The second kappa shape index (κ2) is 7.67. The van der Waals surface area contributed by atoms with Crippen LogP contribution in [0.1, 0.15) is 51.1 Å². The number of rotatable bonds is 2. The number of fused-ring (bicyclic) bond motifs is 2. The summed E-state index contributed by atoms with van der Waals surface area (Å²) in [5.74, 6) is -0.118. The third kappa shape index (κ3) is 3.94. The molecule has 30 heavy (non-hydrogen) atoms. The van der Waals surface area contributed by atoms with Crippen LogP contribution in [0.3, 0.4) is 0 Å². The highest BCUT2D eigenvalue weighted by Crippen LogP contribution is 2.48. The van der Waals surface area contributed by atoms with Gasteiger partial charge in [-0.3, -0.25) is 4.79 Å². The van der Waals surface area contributed by atoms with E-state index in [-0.39, 0.29) is 18.0 Å². The second-order valence-corrected chi connectivity index (χ2v) is 10.5. The molecule has 0 fully saturated rings. The summed E-state index contributed by atoms with van der Waals surface area (Å²) in [6, 6.07) is 7.90. The van der Waals surface area contributed by atoms with Gasteiger partial charge in [0.05, 0.1) is 16.3 Å². The number of hydrogen-bond donors (Lipinski definition) is 1. The van der Waals surface area contributed by atoms with Gasteiger partial charge in [0.1, 0.15) is 15.6 Å². The average molecular weight is 444 g/mol. The number of benzene rings is 1. The van der Waals surface area contributed by atoms with Gasteiger partial charge < -0.3 is 15.0 Å². The molecule has 0 aliphatic carbocycles. The van der Waals surface area contributed by atoms with E-state index in [9.17, 15) is 9.59 Å². The summed E-state index contributed by atoms with van der Waals surface area (Å²) < 4.78 is 6.71. The molecule has 158 valence electrons. The predicted octanol–water partition coefficient (Wildman–Crippen LogP) is 5.84. The fourth-order valence-corrected chi connectivity index (χ4v) is 6.13. The first-order valence-corrected chi connectivity index (χ1v) is 11.6. The lowest BCUT2D eigenvalue weighted by Crippen LogP contribution is -2.41. The third-order valence-electron chi connectivity index (χ3n) is 4.91. The highest BCUT2D eigenvalue weighted by Gasteiger charge is 2.35. The Hall–Kier alpha value is -2.45. The van der Waals surface area contributed by atoms with Gasteiger partial charge in [-0.2, -0.15) is 0 Å². The molecule has 1 aliphatic rings. The molecule has 4 rings (SSSR count). The molecule has 2 aromatic heterocycles. The predicted molar refractivity (Wildman–Crippen MR) is 122 cm³/mol. The summed E-state index contributed by atoms with van der Waals surface area (Å²) in [7, 11) is 0. The van der Waals surface area contributed by atoms with E-state index >= 15 is 0 Å². The molecule has 2 amide bonds. The van der Waals surface area contributed by atoms with Crippen molar-refractivity contribution < 1.29 is 14.3 Å². The summed E-state index contributed by atoms with van der Waals surface area (Å²) in [5, 5.41) is 4.68. The Morgan fingerprint density at radius 2 is 1.97 bits per heavy atom. The first kappa shape index (κ1) is 20.8. The fourth-order valence-electron chi connectivity index (χ4n) is 3.66. The number of carbonyl (C=O) groups excluding carboxylic acids is 2. The maximum atomic E-state index is 12.7. The van der Waals surface area contributed by atoms with Gasteiger partial charge in [0.25, 0.3) is 0 Å². The average Bonchev–Trinajstić information content (AvgIpc) is 3.20. The Labute approximate surface area is 183 Å². The molecule has 8 heteroatoms. The topological polar surface area (TPSA) is 71.5 Å². The summed E-state index contributed by atoms with van der Waals surface area (Å²) >= 11 is 3.15. The van der Waals surface area contributed by atoms with Crippen molar-refractivity contribution in [1.29, 1.82) is 0 Å². The first-order valence-electron chi connectivity index (χ1n) is 9.93. The zero-order valence-corrected chi connectivity index (χ0v) is 19.4. The molecule has 0 bridgehead atoms. The quantitative estimate of drug-likeness (QED) is 0.540. The number of amides is 2. The van der Waals surface area contributed by atoms with Gasteiger partial charge >= 0.3 is 6.09 Å². The number of nitrogens with one attached hydrogen (secondary N) is 1. The van der Waals surface area contributed by atoms with E-state index in [4.69, 9.17) is 9.72 Å². The molecule has 1 N–H and O–H groups in total. The zero-order valence-electron chi connectivity index (χ0n) is 17.7. The van der Waals surface area contributed by atoms with Crippen LogP contribution in [0.4, 0.5) is 9.80 Å². The van der Waals surface area contributed by atoms with Crippen molar-refractivity contribution in [1.82, 2.24) is 9.88 Å². The molecule has 3 heterocycles. The van der Waals surface area contributed by atoms with E-state index in [1.807, 2.05) is 45.9 Å². The first-order chi connectivity index (χ1) is 14.1. The lowest BCUT2D eigenvalue weighted by Gasteiger charge is -2.35. The molecular formula is C22H25N3O3S2. The standard InChI is InChI=1S/C22H25N3O3S2/c1-12-18-14(10-11-25(12)21(27)28-22(3,4)5)17(19(30-18)23-13(2)26)20-24-15-8-6-7-9-16(15)29-20/h6-9,12H,10-11H2,1-5H3,(H,23,26). The number of aromatic nitrogens is 1. The second-order valence-electron chi connectivity index (χ2n) is 8.42. The maximum absolute atomic E-state index is 12.7. The van der Waals surface area contributed by atoms with Crippen molar-refractivity contribution in [2.45, 2.75) is 52.7 Å². The summed E-state index contributed by atoms with van der Waals surface area (Å²) in [4.78, 5) is 32.3. The largest absolute Gasteiger partial charge is 0.444 e. The van der Waals surface area contributed by atoms with E-state index in [0.717, 1.165) is 36.2 Å². The van der Waals surface area contributed by atoms with Crippen molar-refractivity contribution >= 4 is 49.9 Å². The number of thiazole rings is 1. The summed E-state index contributed by atoms with van der Waals surface area (Å²) in [6.07, 6.45) is 0.386. The van der Waals surface area contributed by atoms with E-state index in [2.05, 4.69) is 11.4 Å². The van der Waals surface area contributed by atoms with Crippen LogP contribution in [0, 0.1) is 0 Å². The summed E-state index contributed by atoms with van der Waals surface area (Å²) in [6.45, 7) is 9.70. The fraction of sp³-hybridized carbons (Fsp3) is 0.409. The lowest BCUT2D eigenvalue weighted by molar-refractivity contribution is -0.114. The number of nitrogens with zero attached hydrogens (tertiary/aromatic N) is 2. The minimum atomic E-state index is -0.542. The SMILES string of the molecule is CC(=O)Nc1sc2c(c1-c1nc3ccccc3s1)CCN(C(=O)OC(C)(C)C)C2C. The van der Waals surface area contributed by atoms with Crippen molar-refractivity contribution in [3.63, 3.8) is 0 Å². The molecular weight excluding hydrogens is 418 g/mol. The maximum Gasteiger partial charge on any atom is 0.410 e. The zero-order chi connectivity index (χ0) is 21.6. The monoisotopic (exact) mass is 443 g/mol. The van der Waals surface area contributed by atoms with Crippen LogP contribution in [0.2, 0.25) is 0 Å². The molecule has 1 aromatic carbocycles. The van der Waals surface area contributed by atoms with Crippen LogP contribution in [-0.4, -0.2) is 34.0 Å². The van der Waals surface area contributed by atoms with Crippen LogP contribution in [0.5, 0.6) is 0 Å². The highest BCUT2D eigenvalue weighted by atomic mass is 32.1. The minimum absolute atomic E-state index is 0.118. The van der Waals surface area contributed by atoms with Gasteiger partial charge in [-0.15, -0.1) is 22.7 Å². The van der Waals surface area contributed by atoms with E-state index in [1.165, 1.54) is 18.3 Å². The Morgan fingerprint density at radius 3 is 2.63 bits per heavy atom. The molecule has 0 radical (unpaired) electrons. The summed E-state index contributed by atoms with van der Waals surface area (Å²) in [5.41, 5.74) is 2.56. The number of hydrogen-bond acceptors (Lipinski definition) is 6. The number of anilines is 1. The number of ether oxygens (including phenoxy) is 1. The van der Waals surface area contributed by atoms with E-state index in [0.29, 0.717) is 13.0 Å². The van der Waals surface area contributed by atoms with Gasteiger partial charge in [0, 0.05) is 23.9 Å². The van der Waals surface area contributed by atoms with Crippen LogP contribution in [-0.2, 0) is 16.0 Å². The third-order valence-corrected chi connectivity index (χ3v) is 7.28. The van der Waals surface area contributed by atoms with Crippen molar-refractivity contribution in [3.05, 3.63) is 34.7 Å². The molecule has 1 atom stereocenters.